The van der Waals surface area contributed by atoms with Crippen LogP contribution in [0, 0.1) is 16.0 Å². The zero-order chi connectivity index (χ0) is 15.2. The van der Waals surface area contributed by atoms with E-state index in [1.807, 2.05) is 6.92 Å². The molecule has 118 valence electrons. The summed E-state index contributed by atoms with van der Waals surface area (Å²) in [5, 5.41) is 22.2. The minimum atomic E-state index is -0.317. The molecule has 0 bridgehead atoms. The van der Waals surface area contributed by atoms with E-state index in [1.54, 1.807) is 11.7 Å². The Balaban J connectivity index is 1.99. The van der Waals surface area contributed by atoms with E-state index in [9.17, 15) is 10.1 Å². The van der Waals surface area contributed by atoms with Gasteiger partial charge >= 0.3 is 5.69 Å². The van der Waals surface area contributed by atoms with E-state index in [0.29, 0.717) is 23.9 Å². The molecule has 0 aliphatic carbocycles. The third-order valence-corrected chi connectivity index (χ3v) is 4.01. The Hall–Kier alpha value is -1.63. The molecule has 1 aliphatic heterocycles. The van der Waals surface area contributed by atoms with Crippen LogP contribution < -0.4 is 10.6 Å². The molecule has 0 radical (unpaired) electrons. The molecule has 1 saturated heterocycles. The first-order valence-electron chi connectivity index (χ1n) is 7.78. The van der Waals surface area contributed by atoms with Gasteiger partial charge in [0.1, 0.15) is 5.69 Å². The van der Waals surface area contributed by atoms with E-state index >= 15 is 0 Å². The molecule has 0 amide bonds. The van der Waals surface area contributed by atoms with Crippen molar-refractivity contribution in [1.82, 2.24) is 15.1 Å². The van der Waals surface area contributed by atoms with Gasteiger partial charge in [-0.15, -0.1) is 0 Å². The lowest BCUT2D eigenvalue weighted by atomic mass is 9.96. The monoisotopic (exact) mass is 295 g/mol. The van der Waals surface area contributed by atoms with E-state index in [2.05, 4.69) is 15.7 Å². The maximum atomic E-state index is 11.3. The van der Waals surface area contributed by atoms with Crippen molar-refractivity contribution < 1.29 is 4.92 Å². The van der Waals surface area contributed by atoms with Crippen LogP contribution >= 0.6 is 0 Å². The second kappa shape index (κ2) is 7.40. The van der Waals surface area contributed by atoms with Gasteiger partial charge in [-0.3, -0.25) is 10.1 Å². The van der Waals surface area contributed by atoms with Gasteiger partial charge < -0.3 is 10.6 Å². The molecule has 0 saturated carbocycles. The highest BCUT2D eigenvalue weighted by Crippen LogP contribution is 2.29. The first kappa shape index (κ1) is 15.8. The van der Waals surface area contributed by atoms with E-state index < -0.39 is 0 Å². The van der Waals surface area contributed by atoms with Gasteiger partial charge in [-0.25, -0.2) is 4.68 Å². The minimum absolute atomic E-state index is 0.140. The zero-order valence-corrected chi connectivity index (χ0v) is 12.9. The fraction of sp³-hybridized carbons (Fsp3) is 0.786. The Labute approximate surface area is 125 Å². The summed E-state index contributed by atoms with van der Waals surface area (Å²) in [4.78, 5) is 11.0. The number of aromatic nitrogens is 2. The van der Waals surface area contributed by atoms with Gasteiger partial charge in [0.25, 0.3) is 0 Å². The highest BCUT2D eigenvalue weighted by atomic mass is 16.6. The summed E-state index contributed by atoms with van der Waals surface area (Å²) >= 11 is 0. The third-order valence-electron chi connectivity index (χ3n) is 4.01. The molecular formula is C14H25N5O2. The summed E-state index contributed by atoms with van der Waals surface area (Å²) < 4.78 is 1.60. The average molecular weight is 295 g/mol. The standard InChI is InChI=1S/C14H25N5O2/c1-3-5-12-13(19(20)21)14(18(2)17-12)16-9-7-11-6-4-8-15-10-11/h11,15-16H,3-10H2,1-2H3. The van der Waals surface area contributed by atoms with Crippen LogP contribution in [-0.2, 0) is 13.5 Å². The lowest BCUT2D eigenvalue weighted by molar-refractivity contribution is -0.384. The largest absolute Gasteiger partial charge is 0.365 e. The maximum Gasteiger partial charge on any atom is 0.333 e. The van der Waals surface area contributed by atoms with E-state index in [1.165, 1.54) is 12.8 Å². The second-order valence-electron chi connectivity index (χ2n) is 5.70. The van der Waals surface area contributed by atoms with Crippen molar-refractivity contribution in [2.45, 2.75) is 39.0 Å². The quantitative estimate of drug-likeness (QED) is 0.594. The van der Waals surface area contributed by atoms with Crippen LogP contribution in [0.2, 0.25) is 0 Å². The number of nitrogens with zero attached hydrogens (tertiary/aromatic N) is 3. The van der Waals surface area contributed by atoms with Gasteiger partial charge in [-0.2, -0.15) is 5.10 Å². The Morgan fingerprint density at radius 2 is 2.38 bits per heavy atom. The SMILES string of the molecule is CCCc1nn(C)c(NCCC2CCCNC2)c1[N+](=O)[O-]. The molecule has 1 unspecified atom stereocenters. The number of piperidine rings is 1. The third kappa shape index (κ3) is 3.93. The predicted octanol–water partition coefficient (Wildman–Crippen LogP) is 2.08. The van der Waals surface area contributed by atoms with Crippen molar-refractivity contribution in [2.24, 2.45) is 13.0 Å². The molecule has 0 aromatic carbocycles. The van der Waals surface area contributed by atoms with Crippen molar-refractivity contribution in [1.29, 1.82) is 0 Å². The smallest absolute Gasteiger partial charge is 0.333 e. The molecule has 7 heteroatoms. The first-order chi connectivity index (χ1) is 10.1. The van der Waals surface area contributed by atoms with Crippen molar-refractivity contribution in [3.05, 3.63) is 15.8 Å². The fourth-order valence-corrected chi connectivity index (χ4v) is 2.93. The Morgan fingerprint density at radius 1 is 1.57 bits per heavy atom. The summed E-state index contributed by atoms with van der Waals surface area (Å²) in [5.41, 5.74) is 0.716. The summed E-state index contributed by atoms with van der Waals surface area (Å²) in [5.74, 6) is 1.20. The molecule has 1 aliphatic rings. The second-order valence-corrected chi connectivity index (χ2v) is 5.70. The topological polar surface area (TPSA) is 85.0 Å². The van der Waals surface area contributed by atoms with Gasteiger partial charge in [0, 0.05) is 13.6 Å². The lowest BCUT2D eigenvalue weighted by Gasteiger charge is -2.22. The van der Waals surface area contributed by atoms with Crippen LogP contribution in [0.4, 0.5) is 11.5 Å². The fourth-order valence-electron chi connectivity index (χ4n) is 2.93. The molecule has 1 atom stereocenters. The average Bonchev–Trinajstić information content (AvgIpc) is 2.77. The molecule has 1 aromatic heterocycles. The molecule has 1 fully saturated rings. The minimum Gasteiger partial charge on any atom is -0.365 e. The summed E-state index contributed by atoms with van der Waals surface area (Å²) in [6.45, 7) is 4.91. The van der Waals surface area contributed by atoms with Crippen LogP contribution in [-0.4, -0.2) is 34.3 Å². The Bertz CT molecular complexity index is 480. The number of anilines is 1. The van der Waals surface area contributed by atoms with E-state index in [4.69, 9.17) is 0 Å². The lowest BCUT2D eigenvalue weighted by Crippen LogP contribution is -2.30. The van der Waals surface area contributed by atoms with Gasteiger partial charge in [0.2, 0.25) is 5.82 Å². The number of hydrogen-bond donors (Lipinski definition) is 2. The number of nitro groups is 1. The molecule has 2 rings (SSSR count). The summed E-state index contributed by atoms with van der Waals surface area (Å²) in [6.07, 6.45) is 4.97. The highest BCUT2D eigenvalue weighted by Gasteiger charge is 2.26. The number of rotatable bonds is 7. The molecular weight excluding hydrogens is 270 g/mol. The maximum absolute atomic E-state index is 11.3. The summed E-state index contributed by atoms with van der Waals surface area (Å²) in [7, 11) is 1.76. The van der Waals surface area contributed by atoms with Crippen molar-refractivity contribution in [2.75, 3.05) is 25.0 Å². The molecule has 1 aromatic rings. The van der Waals surface area contributed by atoms with Crippen LogP contribution in [0.5, 0.6) is 0 Å². The molecule has 7 nitrogen and oxygen atoms in total. The van der Waals surface area contributed by atoms with Crippen molar-refractivity contribution in [3.63, 3.8) is 0 Å². The molecule has 2 heterocycles. The van der Waals surface area contributed by atoms with Gasteiger partial charge in [0.05, 0.1) is 4.92 Å². The van der Waals surface area contributed by atoms with Crippen molar-refractivity contribution in [3.8, 4) is 0 Å². The first-order valence-corrected chi connectivity index (χ1v) is 7.78. The molecule has 2 N–H and O–H groups in total. The van der Waals surface area contributed by atoms with E-state index in [0.717, 1.165) is 32.5 Å². The predicted molar refractivity (Wildman–Crippen MR) is 82.6 cm³/mol. The number of hydrogen-bond acceptors (Lipinski definition) is 5. The van der Waals surface area contributed by atoms with Crippen molar-refractivity contribution >= 4 is 11.5 Å². The Morgan fingerprint density at radius 3 is 3.00 bits per heavy atom. The van der Waals surface area contributed by atoms with E-state index in [-0.39, 0.29) is 10.6 Å². The molecule has 0 spiro atoms. The normalized spacial score (nSPS) is 18.7. The zero-order valence-electron chi connectivity index (χ0n) is 12.9. The van der Waals surface area contributed by atoms with Gasteiger partial charge in [-0.05, 0) is 44.7 Å². The van der Waals surface area contributed by atoms with Gasteiger partial charge in [0.15, 0.2) is 0 Å². The number of aryl methyl sites for hydroxylation is 2. The molecule has 21 heavy (non-hydrogen) atoms. The van der Waals surface area contributed by atoms with Crippen LogP contribution in [0.3, 0.4) is 0 Å². The van der Waals surface area contributed by atoms with Crippen LogP contribution in [0.1, 0.15) is 38.3 Å². The Kier molecular flexibility index (Phi) is 5.55. The highest BCUT2D eigenvalue weighted by molar-refractivity contribution is 5.59. The van der Waals surface area contributed by atoms with Gasteiger partial charge in [-0.1, -0.05) is 13.3 Å². The van der Waals surface area contributed by atoms with Crippen LogP contribution in [0.15, 0.2) is 0 Å². The number of nitrogens with one attached hydrogen (secondary N) is 2. The summed E-state index contributed by atoms with van der Waals surface area (Å²) in [6, 6.07) is 0. The van der Waals surface area contributed by atoms with Crippen LogP contribution in [0.25, 0.3) is 0 Å².